The molecule has 0 bridgehead atoms. The predicted octanol–water partition coefficient (Wildman–Crippen LogP) is 3.69. The molecule has 1 aliphatic heterocycles. The zero-order valence-corrected chi connectivity index (χ0v) is 19.0. The number of methoxy groups -OCH3 is 1. The van der Waals surface area contributed by atoms with Gasteiger partial charge in [-0.1, -0.05) is 11.6 Å². The number of sulfonamides is 1. The average Bonchev–Trinajstić information content (AvgIpc) is 3.30. The molecule has 1 amide bonds. The third kappa shape index (κ3) is 4.79. The number of nitro benzene ring substituents is 1. The van der Waals surface area contributed by atoms with Gasteiger partial charge in [0.25, 0.3) is 11.6 Å². The minimum absolute atomic E-state index is 0.0172. The van der Waals surface area contributed by atoms with Gasteiger partial charge in [0.15, 0.2) is 11.5 Å². The first-order chi connectivity index (χ1) is 15.2. The highest BCUT2D eigenvalue weighted by molar-refractivity contribution is 7.89. The average molecular weight is 484 g/mol. The van der Waals surface area contributed by atoms with Crippen molar-refractivity contribution in [3.8, 4) is 11.5 Å². The number of halogens is 1. The van der Waals surface area contributed by atoms with E-state index in [0.29, 0.717) is 13.1 Å². The lowest BCUT2D eigenvalue weighted by Gasteiger charge is -2.17. The van der Waals surface area contributed by atoms with E-state index in [-0.39, 0.29) is 39.3 Å². The maximum Gasteiger partial charge on any atom is 0.286 e. The van der Waals surface area contributed by atoms with Crippen LogP contribution in [0.1, 0.15) is 30.1 Å². The molecule has 0 aromatic heterocycles. The summed E-state index contributed by atoms with van der Waals surface area (Å²) in [4.78, 5) is 23.6. The van der Waals surface area contributed by atoms with E-state index in [0.717, 1.165) is 18.9 Å². The number of nitro groups is 1. The molecule has 172 valence electrons. The van der Waals surface area contributed by atoms with Crippen molar-refractivity contribution in [2.24, 2.45) is 0 Å². The number of amides is 1. The van der Waals surface area contributed by atoms with Crippen molar-refractivity contribution in [2.45, 2.75) is 24.7 Å². The topological polar surface area (TPSA) is 128 Å². The molecule has 1 N–H and O–H groups in total. The molecule has 0 aliphatic carbocycles. The second kappa shape index (κ2) is 9.72. The van der Waals surface area contributed by atoms with Crippen LogP contribution < -0.4 is 14.8 Å². The number of nitrogens with one attached hydrogen (secondary N) is 1. The van der Waals surface area contributed by atoms with E-state index in [1.807, 2.05) is 0 Å². The zero-order chi connectivity index (χ0) is 23.5. The van der Waals surface area contributed by atoms with E-state index in [9.17, 15) is 23.3 Å². The number of hydrogen-bond donors (Lipinski definition) is 1. The Morgan fingerprint density at radius 2 is 1.91 bits per heavy atom. The highest BCUT2D eigenvalue weighted by Gasteiger charge is 2.30. The first-order valence-electron chi connectivity index (χ1n) is 9.79. The largest absolute Gasteiger partial charge is 0.493 e. The Hall–Kier alpha value is -2.89. The van der Waals surface area contributed by atoms with Crippen LogP contribution in [0.4, 0.5) is 11.4 Å². The molecule has 0 radical (unpaired) electrons. The predicted molar refractivity (Wildman–Crippen MR) is 118 cm³/mol. The number of anilines is 1. The molecule has 0 saturated carbocycles. The lowest BCUT2D eigenvalue weighted by molar-refractivity contribution is -0.385. The molecule has 2 aromatic rings. The fourth-order valence-electron chi connectivity index (χ4n) is 3.35. The monoisotopic (exact) mass is 483 g/mol. The lowest BCUT2D eigenvalue weighted by Crippen LogP contribution is -2.28. The van der Waals surface area contributed by atoms with Crippen molar-refractivity contribution in [3.63, 3.8) is 0 Å². The fourth-order valence-corrected chi connectivity index (χ4v) is 5.37. The first kappa shape index (κ1) is 23.8. The van der Waals surface area contributed by atoms with Crippen LogP contribution in [0, 0.1) is 10.1 Å². The summed E-state index contributed by atoms with van der Waals surface area (Å²) in [7, 11) is -2.48. The summed E-state index contributed by atoms with van der Waals surface area (Å²) >= 11 is 6.13. The van der Waals surface area contributed by atoms with E-state index < -0.39 is 26.5 Å². The molecule has 0 atom stereocenters. The maximum atomic E-state index is 12.9. The third-order valence-corrected chi connectivity index (χ3v) is 7.28. The van der Waals surface area contributed by atoms with Crippen LogP contribution >= 0.6 is 11.6 Å². The highest BCUT2D eigenvalue weighted by atomic mass is 35.5. The van der Waals surface area contributed by atoms with E-state index in [1.165, 1.54) is 35.7 Å². The molecular weight excluding hydrogens is 462 g/mol. The fraction of sp³-hybridized carbons (Fsp3) is 0.350. The van der Waals surface area contributed by atoms with Gasteiger partial charge in [0.2, 0.25) is 10.0 Å². The van der Waals surface area contributed by atoms with Gasteiger partial charge in [-0.05, 0) is 38.0 Å². The Labute approximate surface area is 190 Å². The minimum Gasteiger partial charge on any atom is -0.493 e. The van der Waals surface area contributed by atoms with Gasteiger partial charge >= 0.3 is 0 Å². The summed E-state index contributed by atoms with van der Waals surface area (Å²) in [5.74, 6) is -0.537. The van der Waals surface area contributed by atoms with Crippen LogP contribution in [-0.2, 0) is 10.0 Å². The smallest absolute Gasteiger partial charge is 0.286 e. The molecule has 3 rings (SSSR count). The Balaban J connectivity index is 1.96. The van der Waals surface area contributed by atoms with E-state index >= 15 is 0 Å². The summed E-state index contributed by atoms with van der Waals surface area (Å²) in [5, 5.41) is 14.1. The van der Waals surface area contributed by atoms with Crippen LogP contribution in [-0.4, -0.2) is 50.4 Å². The van der Waals surface area contributed by atoms with Gasteiger partial charge < -0.3 is 14.8 Å². The van der Waals surface area contributed by atoms with Crippen molar-refractivity contribution in [1.82, 2.24) is 4.31 Å². The first-order valence-corrected chi connectivity index (χ1v) is 11.6. The van der Waals surface area contributed by atoms with Gasteiger partial charge in [0, 0.05) is 24.8 Å². The number of carbonyl (C=O) groups is 1. The second-order valence-corrected chi connectivity index (χ2v) is 9.23. The van der Waals surface area contributed by atoms with Crippen LogP contribution in [0.25, 0.3) is 0 Å². The molecule has 1 aliphatic rings. The van der Waals surface area contributed by atoms with Crippen LogP contribution in [0.5, 0.6) is 11.5 Å². The summed E-state index contributed by atoms with van der Waals surface area (Å²) < 4.78 is 37.7. The van der Waals surface area contributed by atoms with Gasteiger partial charge in [-0.3, -0.25) is 14.9 Å². The second-order valence-electron chi connectivity index (χ2n) is 6.92. The number of rotatable bonds is 8. The molecular formula is C20H22ClN3O7S. The van der Waals surface area contributed by atoms with Gasteiger partial charge in [-0.25, -0.2) is 8.42 Å². The van der Waals surface area contributed by atoms with E-state index in [4.69, 9.17) is 21.1 Å². The Morgan fingerprint density at radius 1 is 1.22 bits per heavy atom. The lowest BCUT2D eigenvalue weighted by atomic mass is 10.1. The number of nitrogens with zero attached hydrogens (tertiary/aromatic N) is 2. The third-order valence-electron chi connectivity index (χ3n) is 4.90. The van der Waals surface area contributed by atoms with Crippen LogP contribution in [0.15, 0.2) is 35.2 Å². The SMILES string of the molecule is CCOc1cc([N+](=O)[O-])c(C(=O)Nc2ccc(Cl)c(S(=O)(=O)N3CCCC3)c2)cc1OC. The molecule has 0 spiro atoms. The normalized spacial score (nSPS) is 14.2. The van der Waals surface area contributed by atoms with Crippen molar-refractivity contribution in [3.05, 3.63) is 51.0 Å². The summed E-state index contributed by atoms with van der Waals surface area (Å²) in [6.07, 6.45) is 1.52. The molecule has 12 heteroatoms. The number of hydrogen-bond acceptors (Lipinski definition) is 7. The van der Waals surface area contributed by atoms with Gasteiger partial charge in [-0.15, -0.1) is 0 Å². The number of ether oxygens (including phenoxy) is 2. The molecule has 2 aromatic carbocycles. The number of benzene rings is 2. The summed E-state index contributed by atoms with van der Waals surface area (Å²) in [5.41, 5.74) is -0.626. The highest BCUT2D eigenvalue weighted by Crippen LogP contribution is 2.36. The molecule has 10 nitrogen and oxygen atoms in total. The number of carbonyl (C=O) groups excluding carboxylic acids is 1. The van der Waals surface area contributed by atoms with Crippen LogP contribution in [0.2, 0.25) is 5.02 Å². The molecule has 1 heterocycles. The van der Waals surface area contributed by atoms with E-state index in [2.05, 4.69) is 5.32 Å². The van der Waals surface area contributed by atoms with E-state index in [1.54, 1.807) is 6.92 Å². The maximum absolute atomic E-state index is 12.9. The Bertz CT molecular complexity index is 1150. The Morgan fingerprint density at radius 3 is 2.50 bits per heavy atom. The van der Waals surface area contributed by atoms with Gasteiger partial charge in [0.05, 0.1) is 29.7 Å². The minimum atomic E-state index is -3.83. The van der Waals surface area contributed by atoms with Crippen molar-refractivity contribution >= 4 is 38.9 Å². The quantitative estimate of drug-likeness (QED) is 0.447. The molecule has 1 saturated heterocycles. The Kier molecular flexibility index (Phi) is 7.22. The molecule has 32 heavy (non-hydrogen) atoms. The standard InChI is InChI=1S/C20H22ClN3O7S/c1-3-31-18-12-16(24(26)27)14(11-17(18)30-2)20(25)22-13-6-7-15(21)19(10-13)32(28,29)23-8-4-5-9-23/h6-7,10-12H,3-5,8-9H2,1-2H3,(H,22,25). The van der Waals surface area contributed by atoms with Gasteiger partial charge in [0.1, 0.15) is 10.5 Å². The van der Waals surface area contributed by atoms with Crippen molar-refractivity contribution in [1.29, 1.82) is 0 Å². The van der Waals surface area contributed by atoms with Crippen molar-refractivity contribution < 1.29 is 27.6 Å². The molecule has 0 unspecified atom stereocenters. The summed E-state index contributed by atoms with van der Waals surface area (Å²) in [6.45, 7) is 2.75. The van der Waals surface area contributed by atoms with Crippen molar-refractivity contribution in [2.75, 3.05) is 32.1 Å². The summed E-state index contributed by atoms with van der Waals surface area (Å²) in [6, 6.07) is 6.33. The van der Waals surface area contributed by atoms with Gasteiger partial charge in [-0.2, -0.15) is 4.31 Å². The molecule has 1 fully saturated rings. The zero-order valence-electron chi connectivity index (χ0n) is 17.5. The van der Waals surface area contributed by atoms with Crippen LogP contribution in [0.3, 0.4) is 0 Å².